The number of nitrogens with two attached hydrogens (primary N) is 2. The van der Waals surface area contributed by atoms with Crippen LogP contribution in [0.25, 0.3) is 10.9 Å². The molecule has 6 heteroatoms. The van der Waals surface area contributed by atoms with Gasteiger partial charge in [0.2, 0.25) is 0 Å². The van der Waals surface area contributed by atoms with E-state index in [-0.39, 0.29) is 5.82 Å². The molecule has 0 aliphatic carbocycles. The summed E-state index contributed by atoms with van der Waals surface area (Å²) in [6.07, 6.45) is 0. The molecule has 0 fully saturated rings. The second-order valence-electron chi connectivity index (χ2n) is 4.51. The van der Waals surface area contributed by atoms with Crippen LogP contribution in [0.2, 0.25) is 0 Å². The molecule has 1 heterocycles. The zero-order chi connectivity index (χ0) is 14.8. The third-order valence-corrected chi connectivity index (χ3v) is 4.09. The van der Waals surface area contributed by atoms with Crippen molar-refractivity contribution in [3.8, 4) is 0 Å². The molecule has 21 heavy (non-hydrogen) atoms. The van der Waals surface area contributed by atoms with Gasteiger partial charge in [0.15, 0.2) is 0 Å². The molecule has 4 N–H and O–H groups in total. The second kappa shape index (κ2) is 5.57. The minimum absolute atomic E-state index is 0.344. The smallest absolute Gasteiger partial charge is 0.141 e. The van der Waals surface area contributed by atoms with Gasteiger partial charge >= 0.3 is 0 Å². The van der Waals surface area contributed by atoms with Crippen LogP contribution in [-0.2, 0) is 5.75 Å². The maximum absolute atomic E-state index is 13.0. The van der Waals surface area contributed by atoms with Crippen LogP contribution in [0.15, 0.2) is 47.4 Å². The van der Waals surface area contributed by atoms with Crippen LogP contribution >= 0.6 is 11.8 Å². The van der Waals surface area contributed by atoms with Gasteiger partial charge in [-0.1, -0.05) is 12.1 Å². The van der Waals surface area contributed by atoms with E-state index in [0.29, 0.717) is 23.1 Å². The molecule has 2 aromatic carbocycles. The van der Waals surface area contributed by atoms with E-state index in [0.717, 1.165) is 15.8 Å². The summed E-state index contributed by atoms with van der Waals surface area (Å²) >= 11 is 1.45. The lowest BCUT2D eigenvalue weighted by molar-refractivity contribution is 0.627. The largest absolute Gasteiger partial charge is 0.398 e. The van der Waals surface area contributed by atoms with Crippen LogP contribution in [0.1, 0.15) is 5.82 Å². The van der Waals surface area contributed by atoms with Crippen molar-refractivity contribution in [1.29, 1.82) is 0 Å². The van der Waals surface area contributed by atoms with Gasteiger partial charge in [0.25, 0.3) is 0 Å². The Kier molecular flexibility index (Phi) is 3.62. The predicted molar refractivity (Wildman–Crippen MR) is 84.3 cm³/mol. The number of fused-ring (bicyclic) bond motifs is 1. The average molecular weight is 300 g/mol. The molecule has 0 aliphatic heterocycles. The number of rotatable bonds is 3. The Bertz CT molecular complexity index is 807. The van der Waals surface area contributed by atoms with Crippen molar-refractivity contribution >= 4 is 34.2 Å². The zero-order valence-electron chi connectivity index (χ0n) is 11.1. The quantitative estimate of drug-likeness (QED) is 0.573. The number of hydrogen-bond acceptors (Lipinski definition) is 5. The van der Waals surface area contributed by atoms with Crippen LogP contribution in [0.4, 0.5) is 15.9 Å². The van der Waals surface area contributed by atoms with E-state index in [2.05, 4.69) is 9.97 Å². The number of anilines is 2. The van der Waals surface area contributed by atoms with E-state index in [4.69, 9.17) is 11.5 Å². The molecule has 0 atom stereocenters. The highest BCUT2D eigenvalue weighted by Gasteiger charge is 2.07. The summed E-state index contributed by atoms with van der Waals surface area (Å²) in [4.78, 5) is 9.56. The first-order chi connectivity index (χ1) is 10.1. The number of halogens is 1. The van der Waals surface area contributed by atoms with Gasteiger partial charge in [0, 0.05) is 16.0 Å². The van der Waals surface area contributed by atoms with Gasteiger partial charge in [-0.15, -0.1) is 11.8 Å². The molecule has 106 valence electrons. The molecule has 0 saturated heterocycles. The third-order valence-electron chi connectivity index (χ3n) is 3.01. The molecule has 1 aromatic heterocycles. The van der Waals surface area contributed by atoms with Crippen LogP contribution in [0.3, 0.4) is 0 Å². The minimum atomic E-state index is -0.344. The van der Waals surface area contributed by atoms with Gasteiger partial charge in [-0.25, -0.2) is 14.4 Å². The van der Waals surface area contributed by atoms with Crippen LogP contribution in [0.5, 0.6) is 0 Å². The Morgan fingerprint density at radius 2 is 1.86 bits per heavy atom. The van der Waals surface area contributed by atoms with Crippen molar-refractivity contribution in [2.75, 3.05) is 11.5 Å². The van der Waals surface area contributed by atoms with Crippen LogP contribution < -0.4 is 11.5 Å². The molecule has 0 saturated carbocycles. The Hall–Kier alpha value is -2.34. The minimum Gasteiger partial charge on any atom is -0.398 e. The molecule has 0 bridgehead atoms. The fourth-order valence-corrected chi connectivity index (χ4v) is 2.81. The van der Waals surface area contributed by atoms with Crippen LogP contribution in [-0.4, -0.2) is 9.97 Å². The molecule has 0 spiro atoms. The molecule has 4 nitrogen and oxygen atoms in total. The summed E-state index contributed by atoms with van der Waals surface area (Å²) in [5.74, 6) is 1.26. The van der Waals surface area contributed by atoms with E-state index in [1.807, 2.05) is 24.3 Å². The summed E-state index contributed by atoms with van der Waals surface area (Å²) in [5.41, 5.74) is 12.9. The second-order valence-corrected chi connectivity index (χ2v) is 5.53. The van der Waals surface area contributed by atoms with E-state index in [1.165, 1.54) is 23.9 Å². The predicted octanol–water partition coefficient (Wildman–Crippen LogP) is 3.23. The summed E-state index contributed by atoms with van der Waals surface area (Å²) in [6, 6.07) is 11.9. The Morgan fingerprint density at radius 1 is 1.05 bits per heavy atom. The summed E-state index contributed by atoms with van der Waals surface area (Å²) in [7, 11) is 0. The van der Waals surface area contributed by atoms with Crippen molar-refractivity contribution in [3.63, 3.8) is 0 Å². The summed E-state index contributed by atoms with van der Waals surface area (Å²) < 4.78 is 13.0. The highest BCUT2D eigenvalue weighted by Crippen LogP contribution is 2.28. The van der Waals surface area contributed by atoms with Gasteiger partial charge in [-0.3, -0.25) is 0 Å². The molecule has 3 aromatic rings. The molecular formula is C15H13FN4S. The molecule has 0 amide bonds. The van der Waals surface area contributed by atoms with E-state index < -0.39 is 0 Å². The topological polar surface area (TPSA) is 77.8 Å². The van der Waals surface area contributed by atoms with Crippen molar-refractivity contribution in [2.45, 2.75) is 10.6 Å². The van der Waals surface area contributed by atoms with E-state index in [9.17, 15) is 4.39 Å². The lowest BCUT2D eigenvalue weighted by Crippen LogP contribution is -2.00. The Labute approximate surface area is 125 Å². The number of nitrogen functional groups attached to an aromatic ring is 2. The van der Waals surface area contributed by atoms with Crippen LogP contribution in [0, 0.1) is 5.82 Å². The van der Waals surface area contributed by atoms with Gasteiger partial charge in [0.05, 0.1) is 11.3 Å². The first kappa shape index (κ1) is 13.6. The highest BCUT2D eigenvalue weighted by molar-refractivity contribution is 7.98. The number of hydrogen-bond donors (Lipinski definition) is 2. The maximum Gasteiger partial charge on any atom is 0.141 e. The Balaban J connectivity index is 1.85. The molecular weight excluding hydrogens is 287 g/mol. The van der Waals surface area contributed by atoms with Crippen molar-refractivity contribution < 1.29 is 4.39 Å². The highest BCUT2D eigenvalue weighted by atomic mass is 32.2. The van der Waals surface area contributed by atoms with Crippen molar-refractivity contribution in [1.82, 2.24) is 9.97 Å². The standard InChI is InChI=1S/C15H13FN4S/c16-9-5-6-13(11(17)7-9)21-8-14-19-12-4-2-1-3-10(12)15(18)20-14/h1-7H,8,17H2,(H2,18,19,20). The van der Waals surface area contributed by atoms with Crippen molar-refractivity contribution in [3.05, 3.63) is 54.1 Å². The fraction of sp³-hybridized carbons (Fsp3) is 0.0667. The monoisotopic (exact) mass is 300 g/mol. The van der Waals surface area contributed by atoms with E-state index in [1.54, 1.807) is 6.07 Å². The molecule has 0 radical (unpaired) electrons. The molecule has 3 rings (SSSR count). The third kappa shape index (κ3) is 2.90. The van der Waals surface area contributed by atoms with Crippen molar-refractivity contribution in [2.24, 2.45) is 0 Å². The first-order valence-electron chi connectivity index (χ1n) is 6.32. The summed E-state index contributed by atoms with van der Waals surface area (Å²) in [5, 5.41) is 0.840. The Morgan fingerprint density at radius 3 is 2.67 bits per heavy atom. The fourth-order valence-electron chi connectivity index (χ4n) is 2.01. The average Bonchev–Trinajstić information content (AvgIpc) is 2.46. The number of para-hydroxylation sites is 1. The van der Waals surface area contributed by atoms with Gasteiger partial charge in [-0.2, -0.15) is 0 Å². The number of benzene rings is 2. The molecule has 0 aliphatic rings. The van der Waals surface area contributed by atoms with Gasteiger partial charge in [-0.05, 0) is 30.3 Å². The normalized spacial score (nSPS) is 10.9. The SMILES string of the molecule is Nc1cc(F)ccc1SCc1nc(N)c2ccccc2n1. The molecule has 0 unspecified atom stereocenters. The number of nitrogens with zero attached hydrogens (tertiary/aromatic N) is 2. The van der Waals surface area contributed by atoms with E-state index >= 15 is 0 Å². The maximum atomic E-state index is 13.0. The first-order valence-corrected chi connectivity index (χ1v) is 7.31. The zero-order valence-corrected chi connectivity index (χ0v) is 11.9. The number of aromatic nitrogens is 2. The summed E-state index contributed by atoms with van der Waals surface area (Å²) in [6.45, 7) is 0. The lowest BCUT2D eigenvalue weighted by Gasteiger charge is -2.07. The van der Waals surface area contributed by atoms with Gasteiger partial charge in [0.1, 0.15) is 17.5 Å². The van der Waals surface area contributed by atoms with Gasteiger partial charge < -0.3 is 11.5 Å². The lowest BCUT2D eigenvalue weighted by atomic mass is 10.2. The number of thioether (sulfide) groups is 1.